The first-order valence-electron chi connectivity index (χ1n) is 11.7. The highest BCUT2D eigenvalue weighted by Gasteiger charge is 2.32. The Morgan fingerprint density at radius 3 is 2.38 bits per heavy atom. The summed E-state index contributed by atoms with van der Waals surface area (Å²) in [7, 11) is 1.41. The second-order valence-corrected chi connectivity index (χ2v) is 9.95. The number of benzene rings is 1. The first-order valence-corrected chi connectivity index (χ1v) is 11.7. The topological polar surface area (TPSA) is 74.4 Å². The number of alkyl halides is 2. The van der Waals surface area contributed by atoms with Gasteiger partial charge in [-0.25, -0.2) is 0 Å². The van der Waals surface area contributed by atoms with Crippen molar-refractivity contribution in [1.29, 1.82) is 0 Å². The van der Waals surface area contributed by atoms with Gasteiger partial charge in [0.25, 0.3) is 0 Å². The fraction of sp³-hybridized carbons (Fsp3) is 0.667. The SMILES string of the molecule is COc1cc(CN(CC(=O)N2CCN(CC(=O)NC(C)(C)C)CC2)C2CC2)ccc1OC(F)F. The minimum Gasteiger partial charge on any atom is -0.493 e. The molecule has 0 aromatic heterocycles. The second kappa shape index (κ2) is 11.3. The molecule has 2 fully saturated rings. The fourth-order valence-electron chi connectivity index (χ4n) is 4.08. The van der Waals surface area contributed by atoms with E-state index in [0.29, 0.717) is 51.9 Å². The van der Waals surface area contributed by atoms with Gasteiger partial charge >= 0.3 is 6.61 Å². The molecule has 1 saturated heterocycles. The predicted molar refractivity (Wildman–Crippen MR) is 124 cm³/mol. The number of hydrogen-bond acceptors (Lipinski definition) is 6. The first-order chi connectivity index (χ1) is 16.0. The van der Waals surface area contributed by atoms with Crippen LogP contribution in [-0.2, 0) is 16.1 Å². The molecule has 2 aliphatic rings. The van der Waals surface area contributed by atoms with Crippen LogP contribution in [0.5, 0.6) is 11.5 Å². The Labute approximate surface area is 200 Å². The van der Waals surface area contributed by atoms with Crippen molar-refractivity contribution >= 4 is 11.8 Å². The van der Waals surface area contributed by atoms with Gasteiger partial charge in [0.2, 0.25) is 11.8 Å². The Hall–Kier alpha value is -2.46. The van der Waals surface area contributed by atoms with Crippen LogP contribution >= 0.6 is 0 Å². The molecule has 1 heterocycles. The Bertz CT molecular complexity index is 850. The van der Waals surface area contributed by atoms with Crippen LogP contribution in [0, 0.1) is 0 Å². The van der Waals surface area contributed by atoms with E-state index in [9.17, 15) is 18.4 Å². The molecule has 3 rings (SSSR count). The number of carbonyl (C=O) groups excluding carboxylic acids is 2. The average Bonchev–Trinajstić information content (AvgIpc) is 3.58. The fourth-order valence-corrected chi connectivity index (χ4v) is 4.08. The van der Waals surface area contributed by atoms with Crippen molar-refractivity contribution < 1.29 is 27.8 Å². The number of rotatable bonds is 10. The molecule has 34 heavy (non-hydrogen) atoms. The highest BCUT2D eigenvalue weighted by Crippen LogP contribution is 2.32. The summed E-state index contributed by atoms with van der Waals surface area (Å²) in [6, 6.07) is 5.22. The average molecular weight is 483 g/mol. The molecule has 10 heteroatoms. The number of methoxy groups -OCH3 is 1. The van der Waals surface area contributed by atoms with Gasteiger partial charge in [0, 0.05) is 44.3 Å². The molecule has 0 atom stereocenters. The number of hydrogen-bond donors (Lipinski definition) is 1. The predicted octanol–water partition coefficient (Wildman–Crippen LogP) is 2.32. The van der Waals surface area contributed by atoms with Crippen molar-refractivity contribution in [3.8, 4) is 11.5 Å². The van der Waals surface area contributed by atoms with E-state index in [2.05, 4.69) is 19.9 Å². The van der Waals surface area contributed by atoms with Gasteiger partial charge < -0.3 is 19.7 Å². The monoisotopic (exact) mass is 482 g/mol. The molecule has 0 spiro atoms. The van der Waals surface area contributed by atoms with E-state index < -0.39 is 6.61 Å². The third-order valence-corrected chi connectivity index (χ3v) is 5.84. The van der Waals surface area contributed by atoms with Crippen LogP contribution in [0.3, 0.4) is 0 Å². The Balaban J connectivity index is 1.52. The zero-order valence-corrected chi connectivity index (χ0v) is 20.5. The third-order valence-electron chi connectivity index (χ3n) is 5.84. The van der Waals surface area contributed by atoms with Gasteiger partial charge in [-0.3, -0.25) is 19.4 Å². The minimum atomic E-state index is -2.92. The first kappa shape index (κ1) is 26.2. The normalized spacial score (nSPS) is 17.2. The van der Waals surface area contributed by atoms with Crippen molar-refractivity contribution in [2.24, 2.45) is 0 Å². The number of halogens is 2. The number of piperazine rings is 1. The number of nitrogens with one attached hydrogen (secondary N) is 1. The zero-order chi connectivity index (χ0) is 24.9. The number of amides is 2. The van der Waals surface area contributed by atoms with E-state index in [0.717, 1.165) is 18.4 Å². The second-order valence-electron chi connectivity index (χ2n) is 9.95. The summed E-state index contributed by atoms with van der Waals surface area (Å²) in [5.74, 6) is 0.290. The van der Waals surface area contributed by atoms with Crippen LogP contribution in [0.25, 0.3) is 0 Å². The van der Waals surface area contributed by atoms with E-state index >= 15 is 0 Å². The largest absolute Gasteiger partial charge is 0.493 e. The molecule has 0 unspecified atom stereocenters. The number of nitrogens with zero attached hydrogens (tertiary/aromatic N) is 3. The van der Waals surface area contributed by atoms with Crippen LogP contribution in [0.1, 0.15) is 39.2 Å². The highest BCUT2D eigenvalue weighted by molar-refractivity contribution is 5.79. The molecule has 1 aromatic rings. The minimum absolute atomic E-state index is 0.00687. The van der Waals surface area contributed by atoms with Crippen molar-refractivity contribution in [1.82, 2.24) is 20.0 Å². The summed E-state index contributed by atoms with van der Waals surface area (Å²) < 4.78 is 34.9. The van der Waals surface area contributed by atoms with Crippen LogP contribution in [0.4, 0.5) is 8.78 Å². The molecule has 0 radical (unpaired) electrons. The molecule has 190 valence electrons. The van der Waals surface area contributed by atoms with Gasteiger partial charge in [0.1, 0.15) is 0 Å². The molecule has 1 aliphatic heterocycles. The van der Waals surface area contributed by atoms with Gasteiger partial charge in [0.15, 0.2) is 11.5 Å². The van der Waals surface area contributed by atoms with Crippen molar-refractivity contribution in [3.63, 3.8) is 0 Å². The summed E-state index contributed by atoms with van der Waals surface area (Å²) in [5, 5.41) is 2.97. The van der Waals surface area contributed by atoms with Crippen LogP contribution in [-0.4, -0.2) is 91.1 Å². The summed E-state index contributed by atoms with van der Waals surface area (Å²) in [5.41, 5.74) is 0.606. The Morgan fingerprint density at radius 2 is 1.82 bits per heavy atom. The number of carbonyl (C=O) groups is 2. The maximum atomic E-state index is 13.0. The lowest BCUT2D eigenvalue weighted by molar-refractivity contribution is -0.134. The molecule has 1 saturated carbocycles. The van der Waals surface area contributed by atoms with Crippen LogP contribution in [0.15, 0.2) is 18.2 Å². The molecule has 0 bridgehead atoms. The molecule has 8 nitrogen and oxygen atoms in total. The Morgan fingerprint density at radius 1 is 1.15 bits per heavy atom. The van der Waals surface area contributed by atoms with Crippen LogP contribution < -0.4 is 14.8 Å². The lowest BCUT2D eigenvalue weighted by atomic mass is 10.1. The van der Waals surface area contributed by atoms with Gasteiger partial charge in [-0.1, -0.05) is 6.07 Å². The summed E-state index contributed by atoms with van der Waals surface area (Å²) >= 11 is 0. The van der Waals surface area contributed by atoms with E-state index in [4.69, 9.17) is 4.74 Å². The smallest absolute Gasteiger partial charge is 0.387 e. The van der Waals surface area contributed by atoms with E-state index in [1.807, 2.05) is 25.7 Å². The van der Waals surface area contributed by atoms with Crippen molar-refractivity contribution in [2.75, 3.05) is 46.4 Å². The maximum absolute atomic E-state index is 13.0. The van der Waals surface area contributed by atoms with Gasteiger partial charge in [-0.05, 0) is 51.3 Å². The Kier molecular flexibility index (Phi) is 8.70. The molecule has 1 aliphatic carbocycles. The number of ether oxygens (including phenoxy) is 2. The van der Waals surface area contributed by atoms with E-state index in [1.54, 1.807) is 12.1 Å². The zero-order valence-electron chi connectivity index (χ0n) is 20.5. The lowest BCUT2D eigenvalue weighted by Crippen LogP contribution is -2.54. The summed E-state index contributed by atoms with van der Waals surface area (Å²) in [4.78, 5) is 31.2. The molecular weight excluding hydrogens is 446 g/mol. The molecular formula is C24H36F2N4O4. The standard InChI is InChI=1S/C24H36F2N4O4/c1-24(2,3)27-21(31)15-28-9-11-29(12-10-28)22(32)16-30(18-6-7-18)14-17-5-8-19(34-23(25)26)20(13-17)33-4/h5,8,13,18,23H,6-7,9-12,14-16H2,1-4H3,(H,27,31). The van der Waals surface area contributed by atoms with Gasteiger partial charge in [-0.2, -0.15) is 8.78 Å². The third kappa shape index (κ3) is 8.09. The van der Waals surface area contributed by atoms with Gasteiger partial charge in [-0.15, -0.1) is 0 Å². The van der Waals surface area contributed by atoms with E-state index in [-0.39, 0.29) is 28.9 Å². The van der Waals surface area contributed by atoms with Gasteiger partial charge in [0.05, 0.1) is 20.2 Å². The summed E-state index contributed by atoms with van der Waals surface area (Å²) in [6.45, 7) is 6.60. The highest BCUT2D eigenvalue weighted by atomic mass is 19.3. The summed E-state index contributed by atoms with van der Waals surface area (Å²) in [6.07, 6.45) is 2.07. The molecule has 1 aromatic carbocycles. The molecule has 2 amide bonds. The van der Waals surface area contributed by atoms with Crippen molar-refractivity contribution in [2.45, 2.75) is 58.3 Å². The van der Waals surface area contributed by atoms with Crippen LogP contribution in [0.2, 0.25) is 0 Å². The van der Waals surface area contributed by atoms with E-state index in [1.165, 1.54) is 13.2 Å². The maximum Gasteiger partial charge on any atom is 0.387 e. The lowest BCUT2D eigenvalue weighted by Gasteiger charge is -2.36. The quantitative estimate of drug-likeness (QED) is 0.552. The van der Waals surface area contributed by atoms with Crippen molar-refractivity contribution in [3.05, 3.63) is 23.8 Å². The molecule has 1 N–H and O–H groups in total.